The molecule has 2 N–H and O–H groups in total. The Hall–Kier alpha value is -2.60. The topological polar surface area (TPSA) is 90.6 Å². The monoisotopic (exact) mass is 428 g/mol. The molecule has 3 rings (SSSR count). The first-order valence-electron chi connectivity index (χ1n) is 10.9. The molecule has 7 nitrogen and oxygen atoms in total. The van der Waals surface area contributed by atoms with E-state index in [-0.39, 0.29) is 0 Å². The summed E-state index contributed by atoms with van der Waals surface area (Å²) in [6.45, 7) is 13.6. The van der Waals surface area contributed by atoms with Gasteiger partial charge in [0.05, 0.1) is 18.8 Å². The van der Waals surface area contributed by atoms with E-state index in [0.717, 1.165) is 16.7 Å². The number of aromatic nitrogens is 1. The number of pyridine rings is 1. The maximum Gasteiger partial charge on any atom is 0.491 e. The highest BCUT2D eigenvalue weighted by molar-refractivity contribution is 6.61. The molecule has 0 saturated heterocycles. The smallest absolute Gasteiger partial charge is 0.423 e. The molecule has 31 heavy (non-hydrogen) atoms. The summed E-state index contributed by atoms with van der Waals surface area (Å²) in [5, 5.41) is 22.2. The summed E-state index contributed by atoms with van der Waals surface area (Å²) in [6, 6.07) is 11.3. The lowest BCUT2D eigenvalue weighted by Crippen LogP contribution is -2.27. The van der Waals surface area contributed by atoms with Crippen LogP contribution >= 0.6 is 0 Å². The maximum absolute atomic E-state index is 9.69. The van der Waals surface area contributed by atoms with Crippen molar-refractivity contribution >= 4 is 29.9 Å². The number of hydrogen-bond donors (Lipinski definition) is 2. The Labute approximate surface area is 188 Å². The van der Waals surface area contributed by atoms with E-state index in [1.54, 1.807) is 19.2 Å². The molecule has 2 heterocycles. The van der Waals surface area contributed by atoms with Gasteiger partial charge in [-0.25, -0.2) is 4.98 Å². The van der Waals surface area contributed by atoms with Gasteiger partial charge in [0.25, 0.3) is 0 Å². The van der Waals surface area contributed by atoms with Crippen LogP contribution in [0.1, 0.15) is 52.7 Å². The van der Waals surface area contributed by atoms with Crippen molar-refractivity contribution in [3.05, 3.63) is 41.5 Å². The highest BCUT2D eigenvalue weighted by atomic mass is 16.5. The molecule has 170 valence electrons. The molecule has 0 saturated carbocycles. The van der Waals surface area contributed by atoms with Gasteiger partial charge >= 0.3 is 7.12 Å². The van der Waals surface area contributed by atoms with Gasteiger partial charge in [0.15, 0.2) is 0 Å². The predicted octanol–water partition coefficient (Wildman–Crippen LogP) is 4.08. The maximum atomic E-state index is 9.69. The van der Waals surface area contributed by atoms with Crippen LogP contribution in [0.3, 0.4) is 0 Å². The van der Waals surface area contributed by atoms with E-state index < -0.39 is 7.12 Å². The number of hydrogen-bond acceptors (Lipinski definition) is 7. The van der Waals surface area contributed by atoms with Gasteiger partial charge in [-0.2, -0.15) is 5.26 Å². The fourth-order valence-corrected chi connectivity index (χ4v) is 2.69. The van der Waals surface area contributed by atoms with Crippen LogP contribution in [0.25, 0.3) is 0 Å². The predicted molar refractivity (Wildman–Crippen MR) is 130 cm³/mol. The molecule has 0 bridgehead atoms. The number of rotatable bonds is 6. The zero-order valence-electron chi connectivity index (χ0n) is 20.2. The second-order valence-corrected chi connectivity index (χ2v) is 5.80. The molecule has 0 aliphatic carbocycles. The summed E-state index contributed by atoms with van der Waals surface area (Å²) >= 11 is 0. The van der Waals surface area contributed by atoms with E-state index in [4.69, 9.17) is 9.39 Å². The fraction of sp³-hybridized carbons (Fsp3) is 0.478. The first-order chi connectivity index (χ1) is 15.1. The quantitative estimate of drug-likeness (QED) is 0.670. The minimum Gasteiger partial charge on any atom is -0.423 e. The number of nitriles is 1. The number of nitrogens with one attached hydrogen (secondary N) is 1. The third-order valence-electron chi connectivity index (χ3n) is 4.07. The van der Waals surface area contributed by atoms with E-state index in [1.807, 2.05) is 71.7 Å². The molecule has 0 amide bonds. The molecule has 0 atom stereocenters. The zero-order valence-corrected chi connectivity index (χ0v) is 20.2. The van der Waals surface area contributed by atoms with Gasteiger partial charge in [0, 0.05) is 26.4 Å². The highest BCUT2D eigenvalue weighted by Crippen LogP contribution is 2.23. The van der Waals surface area contributed by atoms with E-state index >= 15 is 0 Å². The summed E-state index contributed by atoms with van der Waals surface area (Å²) in [7, 11) is 2.66. The van der Waals surface area contributed by atoms with Crippen molar-refractivity contribution in [2.24, 2.45) is 0 Å². The van der Waals surface area contributed by atoms with Gasteiger partial charge < -0.3 is 24.6 Å². The highest BCUT2D eigenvalue weighted by Gasteiger charge is 2.27. The Morgan fingerprint density at radius 2 is 1.87 bits per heavy atom. The molecule has 0 radical (unpaired) electrons. The van der Waals surface area contributed by atoms with Gasteiger partial charge in [-0.15, -0.1) is 0 Å². The molecular weight excluding hydrogens is 391 g/mol. The van der Waals surface area contributed by atoms with Crippen molar-refractivity contribution < 1.29 is 14.4 Å². The fourth-order valence-electron chi connectivity index (χ4n) is 2.69. The number of methoxy groups -OCH3 is 1. The second kappa shape index (κ2) is 16.1. The molecule has 0 fully saturated rings. The van der Waals surface area contributed by atoms with Crippen LogP contribution in [0.2, 0.25) is 0 Å². The number of likely N-dealkylation sites (N-methyl/N-ethyl adjacent to an activating group) is 1. The number of anilines is 3. The van der Waals surface area contributed by atoms with Crippen LogP contribution in [-0.2, 0) is 16.0 Å². The van der Waals surface area contributed by atoms with Gasteiger partial charge in [0.2, 0.25) is 0 Å². The van der Waals surface area contributed by atoms with Crippen LogP contribution in [0.4, 0.5) is 17.3 Å². The standard InChI is InChI=1S/C17H19BN4O3.3C2H6/c1-22(7-8-24-2)17-12(10-19)3-6-16(21-17)20-14-4-5-15-13(9-14)11-25-18(15)23;3*1-2/h3-6,9,23H,7-8,11H2,1-2H3,(H,20,21);3*1-2H3. The van der Waals surface area contributed by atoms with Gasteiger partial charge in [-0.05, 0) is 35.3 Å². The van der Waals surface area contributed by atoms with Crippen LogP contribution in [0, 0.1) is 11.3 Å². The molecule has 1 aliphatic rings. The molecule has 0 unspecified atom stereocenters. The molecule has 1 aromatic carbocycles. The molecule has 8 heteroatoms. The van der Waals surface area contributed by atoms with Crippen molar-refractivity contribution in [3.63, 3.8) is 0 Å². The lowest BCUT2D eigenvalue weighted by atomic mass is 9.79. The third kappa shape index (κ3) is 8.21. The summed E-state index contributed by atoms with van der Waals surface area (Å²) < 4.78 is 10.3. The summed E-state index contributed by atoms with van der Waals surface area (Å²) in [5.41, 5.74) is 3.09. The summed E-state index contributed by atoms with van der Waals surface area (Å²) in [5.74, 6) is 1.24. The van der Waals surface area contributed by atoms with Crippen LogP contribution in [0.5, 0.6) is 0 Å². The lowest BCUT2D eigenvalue weighted by Gasteiger charge is -2.19. The second-order valence-electron chi connectivity index (χ2n) is 5.80. The minimum atomic E-state index is -0.849. The first kappa shape index (κ1) is 28.4. The van der Waals surface area contributed by atoms with E-state index in [0.29, 0.717) is 37.0 Å². The molecule has 1 aromatic heterocycles. The average Bonchev–Trinajstić information content (AvgIpc) is 3.21. The van der Waals surface area contributed by atoms with Crippen LogP contribution < -0.4 is 15.7 Å². The Bertz CT molecular complexity index is 812. The molecule has 2 aromatic rings. The lowest BCUT2D eigenvalue weighted by molar-refractivity contribution is 0.206. The molecular formula is C23H37BN4O3. The van der Waals surface area contributed by atoms with Gasteiger partial charge in [-0.1, -0.05) is 47.6 Å². The van der Waals surface area contributed by atoms with Crippen molar-refractivity contribution in [1.82, 2.24) is 4.98 Å². The Morgan fingerprint density at radius 1 is 1.19 bits per heavy atom. The summed E-state index contributed by atoms with van der Waals surface area (Å²) in [4.78, 5) is 6.45. The SMILES string of the molecule is CC.CC.CC.COCCN(C)c1nc(Nc2ccc3c(c2)COB3O)ccc1C#N. The normalized spacial score (nSPS) is 10.8. The summed E-state index contributed by atoms with van der Waals surface area (Å²) in [6.07, 6.45) is 0. The Kier molecular flexibility index (Phi) is 14.8. The van der Waals surface area contributed by atoms with E-state index in [1.165, 1.54) is 0 Å². The number of benzene rings is 1. The van der Waals surface area contributed by atoms with Crippen molar-refractivity contribution in [2.75, 3.05) is 37.5 Å². The van der Waals surface area contributed by atoms with Crippen molar-refractivity contribution in [3.8, 4) is 6.07 Å². The van der Waals surface area contributed by atoms with E-state index in [2.05, 4.69) is 16.4 Å². The Balaban J connectivity index is 0.00000138. The third-order valence-corrected chi connectivity index (χ3v) is 4.07. The number of ether oxygens (including phenoxy) is 1. The zero-order chi connectivity index (χ0) is 23.8. The minimum absolute atomic E-state index is 0.387. The van der Waals surface area contributed by atoms with Gasteiger partial charge in [0.1, 0.15) is 17.7 Å². The van der Waals surface area contributed by atoms with Crippen LogP contribution in [0.15, 0.2) is 30.3 Å². The van der Waals surface area contributed by atoms with Crippen molar-refractivity contribution in [1.29, 1.82) is 5.26 Å². The van der Waals surface area contributed by atoms with E-state index in [9.17, 15) is 10.3 Å². The van der Waals surface area contributed by atoms with Gasteiger partial charge in [-0.3, -0.25) is 0 Å². The van der Waals surface area contributed by atoms with Crippen LogP contribution in [-0.4, -0.2) is 44.4 Å². The molecule has 1 aliphatic heterocycles. The first-order valence-corrected chi connectivity index (χ1v) is 10.9. The largest absolute Gasteiger partial charge is 0.491 e. The number of fused-ring (bicyclic) bond motifs is 1. The molecule has 0 spiro atoms. The average molecular weight is 428 g/mol. The van der Waals surface area contributed by atoms with Crippen molar-refractivity contribution in [2.45, 2.75) is 48.1 Å². The number of nitrogens with zero attached hydrogens (tertiary/aromatic N) is 3. The Morgan fingerprint density at radius 3 is 2.48 bits per heavy atom.